The van der Waals surface area contributed by atoms with Crippen LogP contribution in [0.2, 0.25) is 0 Å². The Morgan fingerprint density at radius 1 is 1.30 bits per heavy atom. The van der Waals surface area contributed by atoms with E-state index in [-0.39, 0.29) is 0 Å². The molecule has 1 aliphatic rings. The van der Waals surface area contributed by atoms with Crippen molar-refractivity contribution in [2.45, 2.75) is 33.2 Å². The summed E-state index contributed by atoms with van der Waals surface area (Å²) in [7, 11) is 0. The fourth-order valence-corrected chi connectivity index (χ4v) is 3.30. The molecule has 1 aromatic carbocycles. The number of aromatic nitrogens is 1. The Morgan fingerprint density at radius 3 is 2.85 bits per heavy atom. The second-order valence-electron chi connectivity index (χ2n) is 6.54. The minimum absolute atomic E-state index is 0.370. The second-order valence-corrected chi connectivity index (χ2v) is 6.54. The van der Waals surface area contributed by atoms with Gasteiger partial charge >= 0.3 is 0 Å². The van der Waals surface area contributed by atoms with Crippen LogP contribution in [0, 0.1) is 5.41 Å². The van der Waals surface area contributed by atoms with E-state index in [1.54, 1.807) is 0 Å². The highest BCUT2D eigenvalue weighted by molar-refractivity contribution is 5.93. The maximum atomic E-state index is 5.95. The molecular formula is C17H23N3. The Hall–Kier alpha value is -1.61. The van der Waals surface area contributed by atoms with E-state index in [1.165, 1.54) is 23.9 Å². The number of nitrogens with zero attached hydrogens (tertiary/aromatic N) is 2. The van der Waals surface area contributed by atoms with Crippen molar-refractivity contribution in [2.24, 2.45) is 11.1 Å². The second kappa shape index (κ2) is 5.06. The summed E-state index contributed by atoms with van der Waals surface area (Å²) in [5, 5.41) is 1.23. The number of benzene rings is 1. The molecule has 1 saturated heterocycles. The van der Waals surface area contributed by atoms with Gasteiger partial charge in [0.05, 0.1) is 11.2 Å². The van der Waals surface area contributed by atoms with Crippen LogP contribution in [-0.2, 0) is 6.54 Å². The van der Waals surface area contributed by atoms with Crippen LogP contribution in [0.15, 0.2) is 30.5 Å². The van der Waals surface area contributed by atoms with Crippen molar-refractivity contribution in [1.82, 2.24) is 4.98 Å². The van der Waals surface area contributed by atoms with Gasteiger partial charge in [-0.05, 0) is 24.3 Å². The topological polar surface area (TPSA) is 42.1 Å². The maximum Gasteiger partial charge on any atom is 0.0723 e. The molecule has 0 bridgehead atoms. The number of piperidine rings is 1. The van der Waals surface area contributed by atoms with Crippen molar-refractivity contribution in [2.75, 3.05) is 18.0 Å². The monoisotopic (exact) mass is 269 g/mol. The fraction of sp³-hybridized carbons (Fsp3) is 0.471. The highest BCUT2D eigenvalue weighted by Crippen LogP contribution is 2.36. The van der Waals surface area contributed by atoms with Gasteiger partial charge in [-0.15, -0.1) is 0 Å². The Morgan fingerprint density at radius 2 is 2.10 bits per heavy atom. The summed E-state index contributed by atoms with van der Waals surface area (Å²) in [5.74, 6) is 0. The first-order chi connectivity index (χ1) is 9.61. The summed E-state index contributed by atoms with van der Waals surface area (Å²) in [4.78, 5) is 7.05. The molecule has 3 heteroatoms. The van der Waals surface area contributed by atoms with E-state index < -0.39 is 0 Å². The van der Waals surface area contributed by atoms with Crippen LogP contribution in [0.25, 0.3) is 10.9 Å². The molecule has 0 aliphatic carbocycles. The van der Waals surface area contributed by atoms with Crippen LogP contribution in [0.5, 0.6) is 0 Å². The van der Waals surface area contributed by atoms with Crippen molar-refractivity contribution < 1.29 is 0 Å². The molecule has 1 fully saturated rings. The molecule has 1 aliphatic heterocycles. The minimum Gasteiger partial charge on any atom is -0.370 e. The molecule has 0 unspecified atom stereocenters. The number of pyridine rings is 1. The predicted octanol–water partition coefficient (Wildman–Crippen LogP) is 3.32. The average Bonchev–Trinajstić information content (AvgIpc) is 2.45. The molecule has 2 aromatic rings. The average molecular weight is 269 g/mol. The molecular weight excluding hydrogens is 246 g/mol. The summed E-state index contributed by atoms with van der Waals surface area (Å²) in [5.41, 5.74) is 9.83. The predicted molar refractivity (Wildman–Crippen MR) is 84.9 cm³/mol. The zero-order chi connectivity index (χ0) is 14.2. The molecule has 0 amide bonds. The number of hydrogen-bond donors (Lipinski definition) is 1. The van der Waals surface area contributed by atoms with Crippen molar-refractivity contribution in [3.8, 4) is 0 Å². The van der Waals surface area contributed by atoms with Gasteiger partial charge in [0.2, 0.25) is 0 Å². The molecule has 20 heavy (non-hydrogen) atoms. The Kier molecular flexibility index (Phi) is 3.38. The lowest BCUT2D eigenvalue weighted by molar-refractivity contribution is 0.293. The van der Waals surface area contributed by atoms with E-state index in [1.807, 2.05) is 12.3 Å². The van der Waals surface area contributed by atoms with Crippen LogP contribution < -0.4 is 10.6 Å². The molecule has 2 heterocycles. The van der Waals surface area contributed by atoms with Gasteiger partial charge in [0.25, 0.3) is 0 Å². The first kappa shape index (κ1) is 13.4. The summed E-state index contributed by atoms with van der Waals surface area (Å²) in [6, 6.07) is 8.37. The highest BCUT2D eigenvalue weighted by Gasteiger charge is 2.28. The molecule has 3 rings (SSSR count). The molecule has 2 N–H and O–H groups in total. The number of hydrogen-bond acceptors (Lipinski definition) is 3. The van der Waals surface area contributed by atoms with Crippen molar-refractivity contribution >= 4 is 16.6 Å². The number of anilines is 1. The summed E-state index contributed by atoms with van der Waals surface area (Å²) >= 11 is 0. The number of para-hydroxylation sites is 1. The molecule has 0 radical (unpaired) electrons. The van der Waals surface area contributed by atoms with Crippen LogP contribution in [0.1, 0.15) is 32.3 Å². The van der Waals surface area contributed by atoms with Gasteiger partial charge in [0, 0.05) is 36.8 Å². The first-order valence-electron chi connectivity index (χ1n) is 7.42. The Balaban J connectivity index is 2.13. The number of nitrogens with two attached hydrogens (primary N) is 1. The van der Waals surface area contributed by atoms with Gasteiger partial charge in [0.1, 0.15) is 0 Å². The quantitative estimate of drug-likeness (QED) is 0.909. The maximum absolute atomic E-state index is 5.95. The summed E-state index contributed by atoms with van der Waals surface area (Å²) in [6.07, 6.45) is 4.48. The summed E-state index contributed by atoms with van der Waals surface area (Å²) < 4.78 is 0. The van der Waals surface area contributed by atoms with E-state index >= 15 is 0 Å². The van der Waals surface area contributed by atoms with Gasteiger partial charge in [-0.25, -0.2) is 0 Å². The first-order valence-corrected chi connectivity index (χ1v) is 7.42. The molecule has 1 aromatic heterocycles. The minimum atomic E-state index is 0.370. The van der Waals surface area contributed by atoms with E-state index in [0.717, 1.165) is 24.2 Å². The third-order valence-corrected chi connectivity index (χ3v) is 4.26. The van der Waals surface area contributed by atoms with E-state index in [4.69, 9.17) is 5.73 Å². The van der Waals surface area contributed by atoms with Crippen molar-refractivity contribution in [1.29, 1.82) is 0 Å². The highest BCUT2D eigenvalue weighted by atomic mass is 15.1. The van der Waals surface area contributed by atoms with E-state index in [2.05, 4.69) is 41.9 Å². The lowest BCUT2D eigenvalue weighted by Gasteiger charge is -2.40. The van der Waals surface area contributed by atoms with Gasteiger partial charge in [0.15, 0.2) is 0 Å². The lowest BCUT2D eigenvalue weighted by Crippen LogP contribution is -2.40. The molecule has 0 saturated carbocycles. The van der Waals surface area contributed by atoms with Gasteiger partial charge in [-0.3, -0.25) is 4.98 Å². The zero-order valence-corrected chi connectivity index (χ0v) is 12.4. The summed E-state index contributed by atoms with van der Waals surface area (Å²) in [6.45, 7) is 7.46. The Bertz CT molecular complexity index is 619. The molecule has 106 valence electrons. The van der Waals surface area contributed by atoms with Crippen LogP contribution in [0.4, 0.5) is 5.69 Å². The van der Waals surface area contributed by atoms with E-state index in [9.17, 15) is 0 Å². The van der Waals surface area contributed by atoms with Crippen molar-refractivity contribution in [3.63, 3.8) is 0 Å². The number of rotatable bonds is 2. The van der Waals surface area contributed by atoms with Crippen molar-refractivity contribution in [3.05, 3.63) is 36.0 Å². The van der Waals surface area contributed by atoms with Crippen LogP contribution in [-0.4, -0.2) is 18.1 Å². The van der Waals surface area contributed by atoms with Gasteiger partial charge in [-0.2, -0.15) is 0 Å². The van der Waals surface area contributed by atoms with Crippen LogP contribution in [0.3, 0.4) is 0 Å². The van der Waals surface area contributed by atoms with Gasteiger partial charge in [-0.1, -0.05) is 32.0 Å². The third kappa shape index (κ3) is 2.38. The molecule has 0 atom stereocenters. The van der Waals surface area contributed by atoms with E-state index in [0.29, 0.717) is 12.0 Å². The molecule has 3 nitrogen and oxygen atoms in total. The van der Waals surface area contributed by atoms with Gasteiger partial charge < -0.3 is 10.6 Å². The molecule has 0 spiro atoms. The normalized spacial score (nSPS) is 18.4. The zero-order valence-electron chi connectivity index (χ0n) is 12.4. The van der Waals surface area contributed by atoms with Crippen LogP contribution >= 0.6 is 0 Å². The lowest BCUT2D eigenvalue weighted by atomic mass is 9.83. The number of fused-ring (bicyclic) bond motifs is 1. The SMILES string of the molecule is CC1(C)CCCN(c2c(CN)cnc3ccccc23)C1. The largest absolute Gasteiger partial charge is 0.370 e. The Labute approximate surface area is 120 Å². The third-order valence-electron chi connectivity index (χ3n) is 4.26. The standard InChI is InChI=1S/C17H23N3/c1-17(2)8-5-9-20(12-17)16-13(10-18)11-19-15-7-4-3-6-14(15)16/h3-4,6-7,11H,5,8-10,12,18H2,1-2H3. The fourth-order valence-electron chi connectivity index (χ4n) is 3.30. The smallest absolute Gasteiger partial charge is 0.0723 e.